The first-order chi connectivity index (χ1) is 14.0. The minimum Gasteiger partial charge on any atom is -0.394 e. The van der Waals surface area contributed by atoms with Crippen LogP contribution in [0.25, 0.3) is 22.3 Å². The number of hydrogen-bond acceptors (Lipinski definition) is 4. The molecule has 3 unspecified atom stereocenters. The second kappa shape index (κ2) is 8.47. The lowest BCUT2D eigenvalue weighted by molar-refractivity contribution is -0.179. The number of rotatable bonds is 4. The predicted octanol–water partition coefficient (Wildman–Crippen LogP) is 3.87. The third-order valence-corrected chi connectivity index (χ3v) is 5.54. The molecule has 4 atom stereocenters. The van der Waals surface area contributed by atoms with E-state index < -0.39 is 24.4 Å². The summed E-state index contributed by atoms with van der Waals surface area (Å²) >= 11 is 0. The summed E-state index contributed by atoms with van der Waals surface area (Å²) in [5.74, 6) is 0. The molecular weight excluding hydrogens is 364 g/mol. The van der Waals surface area contributed by atoms with E-state index in [0.29, 0.717) is 0 Å². The van der Waals surface area contributed by atoms with Crippen LogP contribution in [0.5, 0.6) is 0 Å². The van der Waals surface area contributed by atoms with Crippen LogP contribution in [0, 0.1) is 6.92 Å². The lowest BCUT2D eigenvalue weighted by Crippen LogP contribution is -2.44. The summed E-state index contributed by atoms with van der Waals surface area (Å²) in [6.45, 7) is 1.91. The third kappa shape index (κ3) is 4.26. The molecule has 4 heteroatoms. The summed E-state index contributed by atoms with van der Waals surface area (Å²) in [5, 5.41) is 29.9. The first-order valence-corrected chi connectivity index (χ1v) is 9.95. The second-order valence-electron chi connectivity index (χ2n) is 7.73. The van der Waals surface area contributed by atoms with Crippen molar-refractivity contribution < 1.29 is 20.1 Å². The zero-order valence-corrected chi connectivity index (χ0v) is 16.4. The van der Waals surface area contributed by atoms with Crippen LogP contribution in [0.1, 0.15) is 23.7 Å². The van der Waals surface area contributed by atoms with Gasteiger partial charge in [0.05, 0.1) is 18.8 Å². The maximum absolute atomic E-state index is 10.4. The average molecular weight is 390 g/mol. The highest BCUT2D eigenvalue weighted by atomic mass is 16.5. The Morgan fingerprint density at radius 2 is 1.45 bits per heavy atom. The highest BCUT2D eigenvalue weighted by molar-refractivity contribution is 5.71. The molecule has 0 spiro atoms. The lowest BCUT2D eigenvalue weighted by Gasteiger charge is -2.37. The minimum atomic E-state index is -1.02. The van der Waals surface area contributed by atoms with E-state index >= 15 is 0 Å². The van der Waals surface area contributed by atoms with E-state index in [-0.39, 0.29) is 13.0 Å². The van der Waals surface area contributed by atoms with Crippen molar-refractivity contribution >= 4 is 0 Å². The van der Waals surface area contributed by atoms with Crippen LogP contribution in [0.2, 0.25) is 0 Å². The number of benzene rings is 3. The molecule has 150 valence electrons. The van der Waals surface area contributed by atoms with E-state index in [1.54, 1.807) is 0 Å². The summed E-state index contributed by atoms with van der Waals surface area (Å²) < 4.78 is 5.82. The van der Waals surface area contributed by atoms with Crippen LogP contribution in [0.3, 0.4) is 0 Å². The Bertz CT molecular complexity index is 967. The van der Waals surface area contributed by atoms with Gasteiger partial charge in [-0.1, -0.05) is 72.3 Å². The zero-order valence-electron chi connectivity index (χ0n) is 16.4. The summed E-state index contributed by atoms with van der Waals surface area (Å²) in [6, 6.07) is 24.6. The monoisotopic (exact) mass is 390 g/mol. The van der Waals surface area contributed by atoms with Crippen molar-refractivity contribution in [1.29, 1.82) is 0 Å². The highest BCUT2D eigenvalue weighted by Gasteiger charge is 2.37. The molecule has 0 bridgehead atoms. The van der Waals surface area contributed by atoms with E-state index in [1.807, 2.05) is 24.3 Å². The standard InChI is InChI=1S/C25H26O4/c1-16-4-2-5-19(12-16)17-8-10-18(11-9-17)20-6-3-7-21(13-20)25-24(28)23(27)14-22(15-26)29-25/h2-13,22-28H,14-15H2,1H3/t22?,23?,24?,25-/m1/s1. The summed E-state index contributed by atoms with van der Waals surface area (Å²) in [5.41, 5.74) is 6.44. The maximum Gasteiger partial charge on any atom is 0.111 e. The van der Waals surface area contributed by atoms with E-state index in [0.717, 1.165) is 22.3 Å². The predicted molar refractivity (Wildman–Crippen MR) is 113 cm³/mol. The molecule has 4 nitrogen and oxygen atoms in total. The first kappa shape index (κ1) is 19.8. The Morgan fingerprint density at radius 1 is 0.828 bits per heavy atom. The quantitative estimate of drug-likeness (QED) is 0.632. The summed E-state index contributed by atoms with van der Waals surface area (Å²) in [7, 11) is 0. The molecule has 1 fully saturated rings. The van der Waals surface area contributed by atoms with Gasteiger partial charge >= 0.3 is 0 Å². The Balaban J connectivity index is 1.60. The molecule has 1 aliphatic rings. The number of aliphatic hydroxyl groups excluding tert-OH is 3. The number of hydrogen-bond donors (Lipinski definition) is 3. The molecule has 3 N–H and O–H groups in total. The highest BCUT2D eigenvalue weighted by Crippen LogP contribution is 2.34. The van der Waals surface area contributed by atoms with Gasteiger partial charge in [0.1, 0.15) is 12.2 Å². The van der Waals surface area contributed by atoms with Crippen LogP contribution < -0.4 is 0 Å². The van der Waals surface area contributed by atoms with Crippen LogP contribution in [-0.2, 0) is 4.74 Å². The molecule has 29 heavy (non-hydrogen) atoms. The average Bonchev–Trinajstić information content (AvgIpc) is 2.76. The fourth-order valence-electron chi connectivity index (χ4n) is 3.92. The molecular formula is C25H26O4. The molecule has 4 rings (SSSR count). The number of aryl methyl sites for hydroxylation is 1. The van der Waals surface area contributed by atoms with E-state index in [9.17, 15) is 15.3 Å². The Kier molecular flexibility index (Phi) is 5.79. The molecule has 1 heterocycles. The summed E-state index contributed by atoms with van der Waals surface area (Å²) in [6.07, 6.45) is -2.84. The van der Waals surface area contributed by atoms with Gasteiger partial charge in [-0.25, -0.2) is 0 Å². The van der Waals surface area contributed by atoms with E-state index in [2.05, 4.69) is 55.5 Å². The lowest BCUT2D eigenvalue weighted by atomic mass is 9.91. The molecule has 3 aromatic rings. The van der Waals surface area contributed by atoms with Crippen molar-refractivity contribution in [3.8, 4) is 22.3 Å². The fourth-order valence-corrected chi connectivity index (χ4v) is 3.92. The smallest absolute Gasteiger partial charge is 0.111 e. The SMILES string of the molecule is Cc1cccc(-c2ccc(-c3cccc([C@H]4OC(CO)CC(O)C4O)c3)cc2)c1. The minimum absolute atomic E-state index is 0.180. The van der Waals surface area contributed by atoms with E-state index in [1.165, 1.54) is 11.1 Å². The molecule has 1 saturated heterocycles. The molecule has 0 saturated carbocycles. The number of aliphatic hydroxyl groups is 3. The largest absolute Gasteiger partial charge is 0.394 e. The molecule has 1 aliphatic heterocycles. The maximum atomic E-state index is 10.4. The molecule has 0 amide bonds. The van der Waals surface area contributed by atoms with Gasteiger partial charge in [0.15, 0.2) is 0 Å². The molecule has 0 radical (unpaired) electrons. The molecule has 3 aromatic carbocycles. The van der Waals surface area contributed by atoms with Crippen molar-refractivity contribution in [2.45, 2.75) is 37.8 Å². The van der Waals surface area contributed by atoms with Gasteiger partial charge in [-0.05, 0) is 40.8 Å². The Hall–Kier alpha value is -2.50. The van der Waals surface area contributed by atoms with Crippen LogP contribution in [-0.4, -0.2) is 40.2 Å². The van der Waals surface area contributed by atoms with Crippen molar-refractivity contribution in [3.05, 3.63) is 83.9 Å². The zero-order chi connectivity index (χ0) is 20.4. The second-order valence-corrected chi connectivity index (χ2v) is 7.73. The van der Waals surface area contributed by atoms with Gasteiger partial charge in [0.2, 0.25) is 0 Å². The third-order valence-electron chi connectivity index (χ3n) is 5.54. The van der Waals surface area contributed by atoms with Gasteiger partial charge in [0, 0.05) is 6.42 Å². The molecule has 0 aromatic heterocycles. The van der Waals surface area contributed by atoms with Crippen molar-refractivity contribution in [3.63, 3.8) is 0 Å². The van der Waals surface area contributed by atoms with E-state index in [4.69, 9.17) is 4.74 Å². The van der Waals surface area contributed by atoms with Gasteiger partial charge in [-0.3, -0.25) is 0 Å². The van der Waals surface area contributed by atoms with Gasteiger partial charge in [-0.2, -0.15) is 0 Å². The number of ether oxygens (including phenoxy) is 1. The van der Waals surface area contributed by atoms with Crippen molar-refractivity contribution in [2.24, 2.45) is 0 Å². The topological polar surface area (TPSA) is 69.9 Å². The first-order valence-electron chi connectivity index (χ1n) is 9.95. The normalized spacial score (nSPS) is 24.4. The van der Waals surface area contributed by atoms with Crippen molar-refractivity contribution in [2.75, 3.05) is 6.61 Å². The van der Waals surface area contributed by atoms with Crippen LogP contribution in [0.4, 0.5) is 0 Å². The Labute approximate surface area is 171 Å². The summed E-state index contributed by atoms with van der Waals surface area (Å²) in [4.78, 5) is 0. The van der Waals surface area contributed by atoms with Gasteiger partial charge in [0.25, 0.3) is 0 Å². The van der Waals surface area contributed by atoms with Gasteiger partial charge in [-0.15, -0.1) is 0 Å². The van der Waals surface area contributed by atoms with Gasteiger partial charge < -0.3 is 20.1 Å². The van der Waals surface area contributed by atoms with Crippen LogP contribution in [0.15, 0.2) is 72.8 Å². The fraction of sp³-hybridized carbons (Fsp3) is 0.280. The molecule has 0 aliphatic carbocycles. The Morgan fingerprint density at radius 3 is 2.07 bits per heavy atom. The van der Waals surface area contributed by atoms with Crippen LogP contribution >= 0.6 is 0 Å². The van der Waals surface area contributed by atoms with Crippen molar-refractivity contribution in [1.82, 2.24) is 0 Å².